The number of rotatable bonds is 9. The van der Waals surface area contributed by atoms with Crippen LogP contribution in [0.5, 0.6) is 11.6 Å². The van der Waals surface area contributed by atoms with Crippen molar-refractivity contribution in [2.75, 3.05) is 13.7 Å². The highest BCUT2D eigenvalue weighted by Gasteiger charge is 2.39. The maximum Gasteiger partial charge on any atom is 0.306 e. The first-order valence-electron chi connectivity index (χ1n) is 10.6. The largest absolute Gasteiger partial charge is 0.493 e. The van der Waals surface area contributed by atoms with Crippen molar-refractivity contribution < 1.29 is 23.8 Å². The second kappa shape index (κ2) is 8.62. The molecule has 2 aromatic rings. The Kier molecular flexibility index (Phi) is 5.93. The summed E-state index contributed by atoms with van der Waals surface area (Å²) in [5, 5.41) is 9.48. The minimum absolute atomic E-state index is 0.0313. The van der Waals surface area contributed by atoms with Crippen LogP contribution in [0.3, 0.4) is 0 Å². The quantitative estimate of drug-likeness (QED) is 0.625. The number of nitrogens with zero attached hydrogens (tertiary/aromatic N) is 1. The van der Waals surface area contributed by atoms with Crippen molar-refractivity contribution in [3.63, 3.8) is 0 Å². The van der Waals surface area contributed by atoms with E-state index in [0.717, 1.165) is 37.0 Å². The average Bonchev–Trinajstić information content (AvgIpc) is 3.53. The molecule has 2 fully saturated rings. The first kappa shape index (κ1) is 20.6. The van der Waals surface area contributed by atoms with Crippen molar-refractivity contribution in [1.29, 1.82) is 0 Å². The van der Waals surface area contributed by atoms with Crippen LogP contribution in [-0.2, 0) is 4.79 Å². The average molecular weight is 413 g/mol. The summed E-state index contributed by atoms with van der Waals surface area (Å²) in [6.07, 6.45) is 5.13. The number of hydrogen-bond donors (Lipinski definition) is 1. The predicted octanol–water partition coefficient (Wildman–Crippen LogP) is 5.02. The molecule has 2 atom stereocenters. The van der Waals surface area contributed by atoms with E-state index in [1.165, 1.54) is 13.3 Å². The van der Waals surface area contributed by atoms with Crippen LogP contribution in [0.1, 0.15) is 55.6 Å². The van der Waals surface area contributed by atoms with Crippen molar-refractivity contribution in [3.8, 4) is 11.6 Å². The van der Waals surface area contributed by atoms with Crippen LogP contribution in [0.2, 0.25) is 0 Å². The Labute approximate surface area is 176 Å². The van der Waals surface area contributed by atoms with E-state index in [4.69, 9.17) is 9.47 Å². The van der Waals surface area contributed by atoms with Crippen LogP contribution < -0.4 is 9.47 Å². The molecule has 0 radical (unpaired) electrons. The number of pyridine rings is 1. The lowest BCUT2D eigenvalue weighted by Crippen LogP contribution is -2.28. The van der Waals surface area contributed by atoms with Gasteiger partial charge < -0.3 is 14.6 Å². The van der Waals surface area contributed by atoms with E-state index >= 15 is 0 Å². The van der Waals surface area contributed by atoms with Crippen LogP contribution in [0.15, 0.2) is 36.5 Å². The molecule has 0 saturated heterocycles. The fourth-order valence-corrected chi connectivity index (χ4v) is 4.59. The van der Waals surface area contributed by atoms with Gasteiger partial charge in [-0.3, -0.25) is 4.79 Å². The zero-order chi connectivity index (χ0) is 21.3. The summed E-state index contributed by atoms with van der Waals surface area (Å²) in [5.41, 5.74) is 1.71. The number of benzene rings is 1. The maximum atomic E-state index is 14.1. The minimum Gasteiger partial charge on any atom is -0.493 e. The van der Waals surface area contributed by atoms with Crippen molar-refractivity contribution in [1.82, 2.24) is 4.98 Å². The van der Waals surface area contributed by atoms with Crippen LogP contribution >= 0.6 is 0 Å². The number of halogens is 1. The van der Waals surface area contributed by atoms with E-state index in [-0.39, 0.29) is 17.7 Å². The van der Waals surface area contributed by atoms with Crippen molar-refractivity contribution in [2.45, 2.75) is 44.4 Å². The molecule has 2 saturated carbocycles. The van der Waals surface area contributed by atoms with Gasteiger partial charge >= 0.3 is 5.97 Å². The molecule has 160 valence electrons. The Bertz CT molecular complexity index is 908. The van der Waals surface area contributed by atoms with Gasteiger partial charge in [-0.15, -0.1) is 0 Å². The Morgan fingerprint density at radius 2 is 2.07 bits per heavy atom. The van der Waals surface area contributed by atoms with E-state index in [0.29, 0.717) is 29.9 Å². The van der Waals surface area contributed by atoms with Crippen molar-refractivity contribution in [3.05, 3.63) is 53.5 Å². The zero-order valence-corrected chi connectivity index (χ0v) is 17.4. The third kappa shape index (κ3) is 4.42. The molecular formula is C24H28FNO4. The van der Waals surface area contributed by atoms with Gasteiger partial charge in [-0.1, -0.05) is 19.1 Å². The first-order chi connectivity index (χ1) is 14.5. The highest BCUT2D eigenvalue weighted by atomic mass is 19.1. The Hall–Kier alpha value is -2.63. The molecule has 0 aliphatic heterocycles. The van der Waals surface area contributed by atoms with Gasteiger partial charge in [-0.2, -0.15) is 0 Å². The number of ether oxygens (including phenoxy) is 2. The normalized spacial score (nSPS) is 22.6. The molecule has 2 aliphatic rings. The molecule has 5 nitrogen and oxygen atoms in total. The molecule has 0 amide bonds. The van der Waals surface area contributed by atoms with Gasteiger partial charge in [-0.05, 0) is 72.6 Å². The van der Waals surface area contributed by atoms with Crippen LogP contribution in [-0.4, -0.2) is 29.8 Å². The summed E-state index contributed by atoms with van der Waals surface area (Å²) in [6.45, 7) is 2.37. The van der Waals surface area contributed by atoms with Gasteiger partial charge in [0, 0.05) is 6.07 Å². The van der Waals surface area contributed by atoms with E-state index in [2.05, 4.69) is 4.98 Å². The molecule has 1 N–H and O–H groups in total. The summed E-state index contributed by atoms with van der Waals surface area (Å²) in [5.74, 6) is 0.777. The second-order valence-electron chi connectivity index (χ2n) is 8.66. The summed E-state index contributed by atoms with van der Waals surface area (Å²) in [7, 11) is 1.53. The smallest absolute Gasteiger partial charge is 0.306 e. The van der Waals surface area contributed by atoms with Gasteiger partial charge in [0.1, 0.15) is 11.6 Å². The number of aromatic nitrogens is 1. The predicted molar refractivity (Wildman–Crippen MR) is 110 cm³/mol. The third-order valence-corrected chi connectivity index (χ3v) is 6.53. The summed E-state index contributed by atoms with van der Waals surface area (Å²) >= 11 is 0. The van der Waals surface area contributed by atoms with Gasteiger partial charge in [-0.25, -0.2) is 9.37 Å². The van der Waals surface area contributed by atoms with Crippen LogP contribution in [0, 0.1) is 23.6 Å². The van der Waals surface area contributed by atoms with Crippen molar-refractivity contribution >= 4 is 5.97 Å². The van der Waals surface area contributed by atoms with Gasteiger partial charge in [0.2, 0.25) is 5.88 Å². The number of methoxy groups -OCH3 is 1. The van der Waals surface area contributed by atoms with E-state index in [1.807, 2.05) is 24.3 Å². The number of carboxylic acids is 1. The fourth-order valence-electron chi connectivity index (χ4n) is 4.59. The third-order valence-electron chi connectivity index (χ3n) is 6.53. The van der Waals surface area contributed by atoms with Gasteiger partial charge in [0.15, 0.2) is 0 Å². The second-order valence-corrected chi connectivity index (χ2v) is 8.66. The summed E-state index contributed by atoms with van der Waals surface area (Å²) < 4.78 is 25.2. The number of aliphatic carboxylic acids is 1. The topological polar surface area (TPSA) is 68.7 Å². The first-order valence-corrected chi connectivity index (χ1v) is 10.6. The lowest BCUT2D eigenvalue weighted by molar-refractivity contribution is -0.142. The highest BCUT2D eigenvalue weighted by Crippen LogP contribution is 2.47. The number of hydrogen-bond acceptors (Lipinski definition) is 4. The zero-order valence-electron chi connectivity index (χ0n) is 17.4. The molecule has 2 aliphatic carbocycles. The Morgan fingerprint density at radius 1 is 1.30 bits per heavy atom. The molecular weight excluding hydrogens is 385 g/mol. The molecule has 4 rings (SSSR count). The van der Waals surface area contributed by atoms with E-state index < -0.39 is 11.9 Å². The van der Waals surface area contributed by atoms with E-state index in [1.54, 1.807) is 13.0 Å². The Morgan fingerprint density at radius 3 is 2.73 bits per heavy atom. The lowest BCUT2D eigenvalue weighted by atomic mass is 9.72. The summed E-state index contributed by atoms with van der Waals surface area (Å²) in [4.78, 5) is 15.4. The molecule has 0 spiro atoms. The molecule has 2 unspecified atom stereocenters. The SMILES string of the molecule is COc1cc(C2CC(COc3cccc(C(C4CC4)C(C)C(=O)O)c3)C2)c(F)cn1. The van der Waals surface area contributed by atoms with Gasteiger partial charge in [0.05, 0.1) is 25.8 Å². The molecule has 1 aromatic carbocycles. The summed E-state index contributed by atoms with van der Waals surface area (Å²) in [6, 6.07) is 9.54. The molecule has 1 aromatic heterocycles. The number of carbonyl (C=O) groups is 1. The van der Waals surface area contributed by atoms with E-state index in [9.17, 15) is 14.3 Å². The number of carboxylic acid groups (broad SMARTS) is 1. The molecule has 6 heteroatoms. The van der Waals surface area contributed by atoms with Gasteiger partial charge in [0.25, 0.3) is 0 Å². The molecule has 1 heterocycles. The lowest BCUT2D eigenvalue weighted by Gasteiger charge is -2.35. The van der Waals surface area contributed by atoms with Crippen LogP contribution in [0.25, 0.3) is 0 Å². The monoisotopic (exact) mass is 413 g/mol. The Balaban J connectivity index is 1.34. The van der Waals surface area contributed by atoms with Crippen LogP contribution in [0.4, 0.5) is 4.39 Å². The fraction of sp³-hybridized carbons (Fsp3) is 0.500. The van der Waals surface area contributed by atoms with Crippen molar-refractivity contribution in [2.24, 2.45) is 17.8 Å². The minimum atomic E-state index is -0.751. The molecule has 0 bridgehead atoms. The maximum absolute atomic E-state index is 14.1. The highest BCUT2D eigenvalue weighted by molar-refractivity contribution is 5.71. The standard InChI is InChI=1S/C24H28FNO4/c1-14(24(27)28)23(16-6-7-16)17-4-3-5-19(10-17)30-13-15-8-18(9-15)20-11-22(29-2)26-12-21(20)25/h3-5,10-12,14-16,18,23H,6-9,13H2,1-2H3,(H,27,28). The molecule has 30 heavy (non-hydrogen) atoms.